The number of amides is 1. The number of anilines is 1. The van der Waals surface area contributed by atoms with Crippen molar-refractivity contribution in [2.45, 2.75) is 27.2 Å². The molecule has 2 nitrogen and oxygen atoms in total. The Hall–Kier alpha value is -2.35. The lowest BCUT2D eigenvalue weighted by Gasteiger charge is -2.17. The van der Waals surface area contributed by atoms with Crippen molar-refractivity contribution in [2.24, 2.45) is 0 Å². The van der Waals surface area contributed by atoms with E-state index in [1.807, 2.05) is 50.2 Å². The Morgan fingerprint density at radius 1 is 0.952 bits per heavy atom. The van der Waals surface area contributed by atoms with Gasteiger partial charge in [0.25, 0.3) is 5.91 Å². The fourth-order valence-corrected chi connectivity index (χ4v) is 2.44. The number of hydrogen-bond donors (Lipinski definition) is 0. The third-order valence-corrected chi connectivity index (χ3v) is 3.54. The van der Waals surface area contributed by atoms with Crippen molar-refractivity contribution in [3.05, 3.63) is 71.8 Å². The van der Waals surface area contributed by atoms with E-state index in [0.29, 0.717) is 0 Å². The van der Waals surface area contributed by atoms with Gasteiger partial charge in [-0.25, -0.2) is 0 Å². The van der Waals surface area contributed by atoms with E-state index in [-0.39, 0.29) is 5.91 Å². The van der Waals surface area contributed by atoms with E-state index in [1.54, 1.807) is 4.90 Å². The zero-order valence-electron chi connectivity index (χ0n) is 12.9. The molecule has 0 unspecified atom stereocenters. The highest BCUT2D eigenvalue weighted by molar-refractivity contribution is 6.21. The van der Waals surface area contributed by atoms with E-state index < -0.39 is 0 Å². The Balaban J connectivity index is 0.000000774. The highest BCUT2D eigenvalue weighted by Gasteiger charge is 2.31. The van der Waals surface area contributed by atoms with Crippen LogP contribution in [0, 0.1) is 0 Å². The lowest BCUT2D eigenvalue weighted by Crippen LogP contribution is -2.21. The predicted molar refractivity (Wildman–Crippen MR) is 89.5 cm³/mol. The highest BCUT2D eigenvalue weighted by atomic mass is 16.2. The summed E-state index contributed by atoms with van der Waals surface area (Å²) in [5, 5.41) is 0. The first-order valence-corrected chi connectivity index (χ1v) is 7.44. The van der Waals surface area contributed by atoms with E-state index in [9.17, 15) is 4.79 Å². The second kappa shape index (κ2) is 6.40. The van der Waals surface area contributed by atoms with Gasteiger partial charge in [-0.05, 0) is 30.2 Å². The van der Waals surface area contributed by atoms with Gasteiger partial charge in [0.05, 0.1) is 5.70 Å². The summed E-state index contributed by atoms with van der Waals surface area (Å²) in [6.45, 7) is 10.2. The topological polar surface area (TPSA) is 20.3 Å². The van der Waals surface area contributed by atoms with Crippen molar-refractivity contribution in [3.8, 4) is 0 Å². The normalized spacial score (nSPS) is 12.8. The van der Waals surface area contributed by atoms with Gasteiger partial charge in [0.2, 0.25) is 0 Å². The molecule has 0 aromatic heterocycles. The first kappa shape index (κ1) is 15.0. The first-order valence-electron chi connectivity index (χ1n) is 7.44. The van der Waals surface area contributed by atoms with Crippen molar-refractivity contribution in [2.75, 3.05) is 4.90 Å². The summed E-state index contributed by atoms with van der Waals surface area (Å²) >= 11 is 0. The van der Waals surface area contributed by atoms with Gasteiger partial charge >= 0.3 is 0 Å². The maximum atomic E-state index is 12.4. The van der Waals surface area contributed by atoms with Crippen molar-refractivity contribution >= 4 is 17.3 Å². The van der Waals surface area contributed by atoms with Crippen LogP contribution in [0.25, 0.3) is 5.70 Å². The molecule has 0 saturated carbocycles. The van der Waals surface area contributed by atoms with Crippen LogP contribution in [-0.2, 0) is 6.42 Å². The smallest absolute Gasteiger partial charge is 0.263 e. The fraction of sp³-hybridized carbons (Fsp3) is 0.211. The van der Waals surface area contributed by atoms with Crippen molar-refractivity contribution < 1.29 is 4.79 Å². The van der Waals surface area contributed by atoms with Gasteiger partial charge < -0.3 is 0 Å². The molecule has 0 bridgehead atoms. The summed E-state index contributed by atoms with van der Waals surface area (Å²) in [7, 11) is 0. The van der Waals surface area contributed by atoms with Crippen LogP contribution in [0.15, 0.2) is 55.1 Å². The van der Waals surface area contributed by atoms with Crippen LogP contribution < -0.4 is 4.90 Å². The summed E-state index contributed by atoms with van der Waals surface area (Å²) in [4.78, 5) is 14.1. The lowest BCUT2D eigenvalue weighted by atomic mass is 10.1. The van der Waals surface area contributed by atoms with Crippen LogP contribution in [0.4, 0.5) is 5.69 Å². The molecule has 2 heteroatoms. The van der Waals surface area contributed by atoms with Crippen LogP contribution in [0.2, 0.25) is 0 Å². The zero-order chi connectivity index (χ0) is 15.4. The van der Waals surface area contributed by atoms with E-state index in [1.165, 1.54) is 5.56 Å². The molecule has 2 aromatic carbocycles. The minimum atomic E-state index is 0.00449. The molecule has 21 heavy (non-hydrogen) atoms. The second-order valence-corrected chi connectivity index (χ2v) is 4.65. The maximum Gasteiger partial charge on any atom is 0.263 e. The Labute approximate surface area is 126 Å². The molecule has 0 N–H and O–H groups in total. The molecule has 0 spiro atoms. The monoisotopic (exact) mass is 279 g/mol. The molecule has 0 atom stereocenters. The first-order chi connectivity index (χ1) is 10.2. The third kappa shape index (κ3) is 2.62. The Morgan fingerprint density at radius 2 is 1.52 bits per heavy atom. The van der Waals surface area contributed by atoms with Crippen LogP contribution in [-0.4, -0.2) is 5.91 Å². The number of carbonyl (C=O) groups is 1. The van der Waals surface area contributed by atoms with E-state index >= 15 is 0 Å². The summed E-state index contributed by atoms with van der Waals surface area (Å²) in [5.74, 6) is 0.00449. The van der Waals surface area contributed by atoms with Crippen molar-refractivity contribution in [1.82, 2.24) is 0 Å². The van der Waals surface area contributed by atoms with E-state index in [0.717, 1.165) is 28.9 Å². The second-order valence-electron chi connectivity index (χ2n) is 4.65. The summed E-state index contributed by atoms with van der Waals surface area (Å²) < 4.78 is 0. The molecule has 0 aliphatic carbocycles. The van der Waals surface area contributed by atoms with E-state index in [4.69, 9.17) is 0 Å². The molecular formula is C19H21NO. The standard InChI is InChI=1S/C17H15NO.C2H6/c1-3-13-8-10-14(11-9-13)18-12(2)15-6-4-5-7-16(15)17(18)19;1-2/h4-11H,2-3H2,1H3;1-2H3. The van der Waals surface area contributed by atoms with Crippen LogP contribution in [0.3, 0.4) is 0 Å². The van der Waals surface area contributed by atoms with Crippen molar-refractivity contribution in [3.63, 3.8) is 0 Å². The molecule has 108 valence electrons. The summed E-state index contributed by atoms with van der Waals surface area (Å²) in [5.41, 5.74) is 4.55. The third-order valence-electron chi connectivity index (χ3n) is 3.54. The summed E-state index contributed by atoms with van der Waals surface area (Å²) in [6.07, 6.45) is 0.995. The van der Waals surface area contributed by atoms with Gasteiger partial charge in [-0.2, -0.15) is 0 Å². The Bertz CT molecular complexity index is 621. The molecule has 0 saturated heterocycles. The molecule has 2 aromatic rings. The molecule has 1 aliphatic heterocycles. The largest absolute Gasteiger partial charge is 0.277 e. The van der Waals surface area contributed by atoms with Gasteiger partial charge in [0, 0.05) is 16.8 Å². The Morgan fingerprint density at radius 3 is 2.05 bits per heavy atom. The molecular weight excluding hydrogens is 258 g/mol. The highest BCUT2D eigenvalue weighted by Crippen LogP contribution is 2.35. The number of benzene rings is 2. The average Bonchev–Trinajstić information content (AvgIpc) is 2.81. The summed E-state index contributed by atoms with van der Waals surface area (Å²) in [6, 6.07) is 15.7. The average molecular weight is 279 g/mol. The molecule has 1 aliphatic rings. The number of aryl methyl sites for hydroxylation is 1. The fourth-order valence-electron chi connectivity index (χ4n) is 2.44. The number of fused-ring (bicyclic) bond motifs is 1. The minimum Gasteiger partial charge on any atom is -0.277 e. The number of carbonyl (C=O) groups excluding carboxylic acids is 1. The van der Waals surface area contributed by atoms with E-state index in [2.05, 4.69) is 25.6 Å². The van der Waals surface area contributed by atoms with Crippen molar-refractivity contribution in [1.29, 1.82) is 0 Å². The van der Waals surface area contributed by atoms with Gasteiger partial charge in [-0.3, -0.25) is 9.69 Å². The zero-order valence-corrected chi connectivity index (χ0v) is 12.9. The molecule has 0 fully saturated rings. The quantitative estimate of drug-likeness (QED) is 0.765. The lowest BCUT2D eigenvalue weighted by molar-refractivity contribution is 0.101. The van der Waals surface area contributed by atoms with Gasteiger partial charge in [0.1, 0.15) is 0 Å². The van der Waals surface area contributed by atoms with Gasteiger partial charge in [-0.15, -0.1) is 0 Å². The SMILES string of the molecule is C=C1c2ccccc2C(=O)N1c1ccc(CC)cc1.CC. The molecule has 1 heterocycles. The molecule has 3 rings (SSSR count). The number of hydrogen-bond acceptors (Lipinski definition) is 1. The number of rotatable bonds is 2. The van der Waals surface area contributed by atoms with Gasteiger partial charge in [0.15, 0.2) is 0 Å². The predicted octanol–water partition coefficient (Wildman–Crippen LogP) is 4.91. The van der Waals surface area contributed by atoms with Crippen LogP contribution in [0.5, 0.6) is 0 Å². The number of nitrogens with zero attached hydrogens (tertiary/aromatic N) is 1. The van der Waals surface area contributed by atoms with Crippen LogP contribution >= 0.6 is 0 Å². The maximum absolute atomic E-state index is 12.4. The van der Waals surface area contributed by atoms with Gasteiger partial charge in [-0.1, -0.05) is 57.7 Å². The molecule has 1 amide bonds. The van der Waals surface area contributed by atoms with Crippen LogP contribution in [0.1, 0.15) is 42.3 Å². The minimum absolute atomic E-state index is 0.00449. The Kier molecular flexibility index (Phi) is 4.59. The molecule has 0 radical (unpaired) electrons.